The highest BCUT2D eigenvalue weighted by Crippen LogP contribution is 2.28. The number of Topliss-reactive ketones (excluding diaryl/α,β-unsaturated/α-hetero) is 2. The maximum atomic E-state index is 13.2. The number of hydrogen-bond donors (Lipinski definition) is 5. The number of nitrogens with one attached hydrogen (secondary N) is 2. The van der Waals surface area contributed by atoms with Crippen LogP contribution in [0.15, 0.2) is 122 Å². The molecule has 0 spiro atoms. The number of alkyl halides is 5. The van der Waals surface area contributed by atoms with E-state index in [2.05, 4.69) is 29.2 Å². The smallest absolute Gasteiger partial charge is 0.326 e. The van der Waals surface area contributed by atoms with Gasteiger partial charge < -0.3 is 60.7 Å². The Morgan fingerprint density at radius 3 is 1.32 bits per heavy atom. The lowest BCUT2D eigenvalue weighted by Crippen LogP contribution is -2.39. The van der Waals surface area contributed by atoms with E-state index in [-0.39, 0.29) is 92.3 Å². The quantitative estimate of drug-likeness (QED) is 0.0887. The fourth-order valence-electron chi connectivity index (χ4n) is 11.1. The molecule has 0 radical (unpaired) electrons. The van der Waals surface area contributed by atoms with Crippen LogP contribution in [0.1, 0.15) is 156 Å². The van der Waals surface area contributed by atoms with Gasteiger partial charge in [0.25, 0.3) is 5.92 Å². The fourth-order valence-corrected chi connectivity index (χ4v) is 11.3. The first-order valence-corrected chi connectivity index (χ1v) is 35.2. The van der Waals surface area contributed by atoms with Crippen molar-refractivity contribution in [2.45, 2.75) is 170 Å². The molecule has 4 aromatic carbocycles. The standard InChI is InChI=1S/C11H10ClN.C11H10FN.2C9H11NO.C7H10FNO3.C7H13NO2.C6H9F2NO.2C6H10FNO.C6H11NO.CH4/c1-7(2)11-6-8-5-9(12)3-4-10(8)13-11;1-7(2)10-6-8-4-3-5-9(12)11(8)13-10;2*1-7(11)9(10)8-5-3-2-4-6-8;1-4(10)9-3-5(8)2-6(9)7(11)12;1-6(9)8-4-3-7(5-8)10-2;1-5(10)9-3-2-6(7,8)4-9;2*1-5(9)8-3-2-6(7)4-8;1-6(8)7-4-2-3-5-7;/h2*3-6,13H,1H2,2H3;2*2-6,9H,10H2,1H3;5-6H,2-3H2,1H3,(H,11,12);7H,3-5H2,1-2H3;2-4H2,1H3;2*6H,2-4H2,1H3;2-5H2,1H3;1H4/t;;2*9-;5-,6+;;;2*6-;;/m..100..10../s1. The topological polar surface area (TPSA) is 286 Å². The highest BCUT2D eigenvalue weighted by atomic mass is 35.5. The number of aromatic amines is 2. The first-order chi connectivity index (χ1) is 49.7. The third-order valence-electron chi connectivity index (χ3n) is 17.5. The number of allylic oxidation sites excluding steroid dienone is 2. The van der Waals surface area contributed by atoms with E-state index >= 15 is 0 Å². The van der Waals surface area contributed by atoms with Gasteiger partial charge >= 0.3 is 5.97 Å². The van der Waals surface area contributed by atoms with Gasteiger partial charge in [0.15, 0.2) is 11.6 Å². The largest absolute Gasteiger partial charge is 0.480 e. The van der Waals surface area contributed by atoms with E-state index in [1.165, 1.54) is 75.2 Å². The van der Waals surface area contributed by atoms with Gasteiger partial charge in [-0.25, -0.2) is 31.1 Å². The number of para-hydroxylation sites is 1. The summed E-state index contributed by atoms with van der Waals surface area (Å²) in [7, 11) is 1.69. The summed E-state index contributed by atoms with van der Waals surface area (Å²) in [5, 5.41) is 11.4. The molecule has 590 valence electrons. The molecule has 8 heterocycles. The van der Waals surface area contributed by atoms with Gasteiger partial charge in [0.2, 0.25) is 35.4 Å². The summed E-state index contributed by atoms with van der Waals surface area (Å²) in [6.45, 7) is 28.3. The van der Waals surface area contributed by atoms with Crippen molar-refractivity contribution in [3.8, 4) is 0 Å². The number of hydrogen-bond acceptors (Lipinski definition) is 12. The number of halogens is 7. The highest BCUT2D eigenvalue weighted by molar-refractivity contribution is 6.31. The Balaban J connectivity index is 0.000000405. The number of carboxylic acids is 1. The highest BCUT2D eigenvalue weighted by Gasteiger charge is 2.40. The van der Waals surface area contributed by atoms with E-state index in [0.717, 1.165) is 92.5 Å². The Kier molecular flexibility index (Phi) is 41.1. The van der Waals surface area contributed by atoms with E-state index < -0.39 is 55.1 Å². The number of nitrogens with two attached hydrogens (primary N) is 2. The second-order valence-corrected chi connectivity index (χ2v) is 26.7. The average molecular weight is 1520 g/mol. The normalized spacial score (nSPS) is 18.9. The predicted molar refractivity (Wildman–Crippen MR) is 409 cm³/mol. The van der Waals surface area contributed by atoms with Crippen molar-refractivity contribution in [3.63, 3.8) is 0 Å². The number of aromatic nitrogens is 2. The molecule has 21 nitrogen and oxygen atoms in total. The number of H-pyrrole nitrogens is 2. The molecule has 0 aliphatic carbocycles. The summed E-state index contributed by atoms with van der Waals surface area (Å²) >= 11 is 5.87. The number of methoxy groups -OCH3 is 1. The zero-order chi connectivity index (χ0) is 79.7. The van der Waals surface area contributed by atoms with Gasteiger partial charge in [0, 0.05) is 140 Å². The minimum absolute atomic E-state index is 0. The minimum atomic E-state index is -2.65. The molecule has 6 aliphatic heterocycles. The van der Waals surface area contributed by atoms with Crippen LogP contribution in [0.5, 0.6) is 0 Å². The molecule has 0 saturated carbocycles. The van der Waals surface area contributed by atoms with Gasteiger partial charge in [0.1, 0.15) is 30.4 Å². The van der Waals surface area contributed by atoms with Crippen LogP contribution in [-0.2, 0) is 47.9 Å². The van der Waals surface area contributed by atoms with E-state index in [0.29, 0.717) is 44.5 Å². The monoisotopic (exact) mass is 1520 g/mol. The molecule has 28 heteroatoms. The summed E-state index contributed by atoms with van der Waals surface area (Å²) in [6.07, 6.45) is 1.62. The molecule has 107 heavy (non-hydrogen) atoms. The zero-order valence-corrected chi connectivity index (χ0v) is 63.3. The predicted octanol–water partition coefficient (Wildman–Crippen LogP) is 13.3. The molecular weight excluding hydrogens is 1410 g/mol. The molecule has 1 unspecified atom stereocenters. The van der Waals surface area contributed by atoms with Crippen LogP contribution in [0.25, 0.3) is 33.0 Å². The fraction of sp³-hybridized carbons (Fsp3) is 0.481. The lowest BCUT2D eigenvalue weighted by atomic mass is 10.1. The third kappa shape index (κ3) is 33.7. The van der Waals surface area contributed by atoms with Gasteiger partial charge in [-0.3, -0.25) is 38.4 Å². The molecule has 6 amide bonds. The summed E-state index contributed by atoms with van der Waals surface area (Å²) in [5.74, 6) is -4.32. The molecule has 0 bridgehead atoms. The first kappa shape index (κ1) is 93.9. The Morgan fingerprint density at radius 2 is 0.991 bits per heavy atom. The van der Waals surface area contributed by atoms with Crippen molar-refractivity contribution in [3.05, 3.63) is 156 Å². The van der Waals surface area contributed by atoms with Gasteiger partial charge in [0.05, 0.1) is 49.9 Å². The third-order valence-corrected chi connectivity index (χ3v) is 17.7. The van der Waals surface area contributed by atoms with Crippen molar-refractivity contribution in [1.29, 1.82) is 0 Å². The number of benzene rings is 4. The Labute approximate surface area is 630 Å². The van der Waals surface area contributed by atoms with Gasteiger partial charge in [-0.2, -0.15) is 0 Å². The second kappa shape index (κ2) is 46.8. The van der Waals surface area contributed by atoms with Crippen LogP contribution < -0.4 is 11.5 Å². The number of ketones is 2. The summed E-state index contributed by atoms with van der Waals surface area (Å²) < 4.78 is 80.4. The number of carbonyl (C=O) groups is 9. The van der Waals surface area contributed by atoms with Crippen LogP contribution in [-0.4, -0.2) is 213 Å². The number of nitrogens with zero attached hydrogens (tertiary/aromatic N) is 6. The Morgan fingerprint density at radius 1 is 0.542 bits per heavy atom. The van der Waals surface area contributed by atoms with Crippen molar-refractivity contribution in [2.24, 2.45) is 11.5 Å². The number of ether oxygens (including phenoxy) is 1. The molecule has 7 atom stereocenters. The van der Waals surface area contributed by atoms with Gasteiger partial charge in [-0.15, -0.1) is 0 Å². The Bertz CT molecular complexity index is 3750. The van der Waals surface area contributed by atoms with E-state index in [1.807, 2.05) is 115 Å². The molecule has 6 aliphatic rings. The van der Waals surface area contributed by atoms with Gasteiger partial charge in [-0.05, 0) is 118 Å². The van der Waals surface area contributed by atoms with Crippen molar-refractivity contribution in [2.75, 3.05) is 79.1 Å². The molecule has 6 aromatic rings. The number of amides is 6. The molecule has 6 saturated heterocycles. The van der Waals surface area contributed by atoms with E-state index in [9.17, 15) is 69.5 Å². The SMILES string of the molecule is C.C=C(C)c1cc2cc(Cl)ccc2[nH]1.C=C(C)c1cc2cccc(F)c2[nH]1.CC(=O)N1CCC(F)(F)C1.CC(=O)N1CCCC1.CC(=O)N1CC[C@@H](F)C1.CC(=O)N1CC[C@H](F)C1.CC(=O)N1C[C@@H](F)C[C@@H]1C(=O)O.CC(=O)[C@@H](N)c1ccccc1.CC(=O)[C@H](N)c1ccccc1.COC1CCN(C(C)=O)C1. The molecule has 2 aromatic heterocycles. The number of aliphatic carboxylic acids is 1. The second-order valence-electron chi connectivity index (χ2n) is 26.3. The number of likely N-dealkylation sites (tertiary alicyclic amines) is 6. The van der Waals surface area contributed by atoms with Crippen LogP contribution in [0.2, 0.25) is 5.02 Å². The summed E-state index contributed by atoms with van der Waals surface area (Å²) in [4.78, 5) is 111. The molecule has 6 fully saturated rings. The van der Waals surface area contributed by atoms with Crippen molar-refractivity contribution < 1.29 is 79.3 Å². The maximum Gasteiger partial charge on any atom is 0.326 e. The molecule has 12 rings (SSSR count). The van der Waals surface area contributed by atoms with Crippen LogP contribution in [0.3, 0.4) is 0 Å². The average Bonchev–Trinajstić information content (AvgIpc) is 1.71. The first-order valence-electron chi connectivity index (χ1n) is 34.9. The number of carboxylic acid groups (broad SMARTS) is 1. The molecule has 7 N–H and O–H groups in total. The summed E-state index contributed by atoms with van der Waals surface area (Å²) in [5.41, 5.74) is 18.5. The minimum Gasteiger partial charge on any atom is -0.480 e. The maximum absolute atomic E-state index is 13.2. The number of rotatable bonds is 8. The summed E-state index contributed by atoms with van der Waals surface area (Å²) in [6, 6.07) is 31.6. The number of fused-ring (bicyclic) bond motifs is 2. The lowest BCUT2D eigenvalue weighted by Gasteiger charge is -2.18. The van der Waals surface area contributed by atoms with Crippen molar-refractivity contribution >= 4 is 97.5 Å². The van der Waals surface area contributed by atoms with E-state index in [4.69, 9.17) is 32.9 Å². The van der Waals surface area contributed by atoms with Crippen LogP contribution >= 0.6 is 11.6 Å². The van der Waals surface area contributed by atoms with Crippen molar-refractivity contribution in [1.82, 2.24) is 39.4 Å². The Hall–Kier alpha value is -9.18. The van der Waals surface area contributed by atoms with Crippen LogP contribution in [0, 0.1) is 5.82 Å². The van der Waals surface area contributed by atoms with E-state index in [1.54, 1.807) is 27.0 Å². The number of carbonyl (C=O) groups excluding carboxylic acids is 8. The zero-order valence-electron chi connectivity index (χ0n) is 62.6. The van der Waals surface area contributed by atoms with Gasteiger partial charge in [-0.1, -0.05) is 105 Å². The lowest BCUT2D eigenvalue weighted by molar-refractivity contribution is -0.147. The molecular formula is C79H109ClF6N10O11. The van der Waals surface area contributed by atoms with Crippen LogP contribution in [0.4, 0.5) is 26.3 Å².